The Morgan fingerprint density at radius 2 is 0.695 bits per heavy atom. The minimum absolute atomic E-state index is 0.0195. The molecule has 0 amide bonds. The second kappa shape index (κ2) is 13.3. The summed E-state index contributed by atoms with van der Waals surface area (Å²) in [6, 6.07) is 33.8. The number of nitrogens with zero attached hydrogens (tertiary/aromatic N) is 2. The first-order valence-corrected chi connectivity index (χ1v) is 20.5. The maximum Gasteiger partial charge on any atom is 0.420 e. The van der Waals surface area contributed by atoms with Gasteiger partial charge in [-0.3, -0.25) is 0 Å². The minimum Gasteiger partial charge on any atom is -0.309 e. The van der Waals surface area contributed by atoms with Crippen LogP contribution in [0.1, 0.15) is 111 Å². The van der Waals surface area contributed by atoms with Gasteiger partial charge < -0.3 is 9.13 Å². The zero-order valence-corrected chi connectivity index (χ0v) is 36.3. The topological polar surface area (TPSA) is 9.86 Å². The zero-order chi connectivity index (χ0) is 42.8. The van der Waals surface area contributed by atoms with Crippen LogP contribution in [0.25, 0.3) is 66.1 Å². The van der Waals surface area contributed by atoms with E-state index in [-0.39, 0.29) is 33.0 Å². The third-order valence-corrected chi connectivity index (χ3v) is 12.0. The number of aromatic nitrogens is 2. The second-order valence-corrected chi connectivity index (χ2v) is 20.5. The van der Waals surface area contributed by atoms with Gasteiger partial charge in [0.2, 0.25) is 0 Å². The summed E-state index contributed by atoms with van der Waals surface area (Å²) in [7, 11) is 0. The van der Waals surface area contributed by atoms with E-state index in [2.05, 4.69) is 107 Å². The summed E-state index contributed by atoms with van der Waals surface area (Å²) >= 11 is 0. The molecule has 0 aliphatic heterocycles. The average molecular weight is 795 g/mol. The van der Waals surface area contributed by atoms with Gasteiger partial charge in [0.1, 0.15) is 11.4 Å². The lowest BCUT2D eigenvalue weighted by molar-refractivity contribution is -0.137. The van der Waals surface area contributed by atoms with Crippen molar-refractivity contribution in [1.82, 2.24) is 9.13 Å². The van der Waals surface area contributed by atoms with E-state index < -0.39 is 17.6 Å². The van der Waals surface area contributed by atoms with Crippen LogP contribution in [0.5, 0.6) is 0 Å². The highest BCUT2D eigenvalue weighted by molar-refractivity contribution is 6.12. The maximum atomic E-state index is 16.5. The second-order valence-electron chi connectivity index (χ2n) is 20.5. The van der Waals surface area contributed by atoms with Gasteiger partial charge in [-0.25, -0.2) is 4.39 Å². The van der Waals surface area contributed by atoms with Crippen LogP contribution in [-0.2, 0) is 27.8 Å². The molecule has 0 aliphatic rings. The summed E-state index contributed by atoms with van der Waals surface area (Å²) in [5.74, 6) is -0.465. The van der Waals surface area contributed by atoms with Crippen molar-refractivity contribution >= 4 is 43.6 Å². The van der Waals surface area contributed by atoms with E-state index in [0.717, 1.165) is 43.8 Å². The van der Waals surface area contributed by atoms with Gasteiger partial charge in [-0.05, 0) is 128 Å². The fourth-order valence-corrected chi connectivity index (χ4v) is 8.52. The van der Waals surface area contributed by atoms with E-state index in [0.29, 0.717) is 33.2 Å². The molecule has 8 aromatic rings. The summed E-state index contributed by atoms with van der Waals surface area (Å²) in [6.45, 7) is 25.7. The molecule has 0 aliphatic carbocycles. The molecule has 0 spiro atoms. The van der Waals surface area contributed by atoms with E-state index >= 15 is 17.6 Å². The first-order chi connectivity index (χ1) is 27.3. The Bertz CT molecular complexity index is 2650. The van der Waals surface area contributed by atoms with Gasteiger partial charge in [-0.2, -0.15) is 13.2 Å². The van der Waals surface area contributed by atoms with E-state index in [1.54, 1.807) is 33.4 Å². The van der Waals surface area contributed by atoms with Crippen LogP contribution in [0.3, 0.4) is 0 Å². The highest BCUT2D eigenvalue weighted by Crippen LogP contribution is 2.47. The number of halogens is 4. The Morgan fingerprint density at radius 3 is 0.966 bits per heavy atom. The molecule has 0 saturated carbocycles. The van der Waals surface area contributed by atoms with Crippen LogP contribution >= 0.6 is 0 Å². The molecule has 59 heavy (non-hydrogen) atoms. The summed E-state index contributed by atoms with van der Waals surface area (Å²) in [5.41, 5.74) is 6.40. The molecule has 6 heteroatoms. The molecule has 304 valence electrons. The molecule has 0 saturated heterocycles. The highest BCUT2D eigenvalue weighted by atomic mass is 19.4. The molecule has 0 unspecified atom stereocenters. The van der Waals surface area contributed by atoms with Crippen molar-refractivity contribution in [1.29, 1.82) is 0 Å². The molecule has 0 N–H and O–H groups in total. The lowest BCUT2D eigenvalue weighted by atomic mass is 9.85. The van der Waals surface area contributed by atoms with Gasteiger partial charge in [0.05, 0.1) is 33.4 Å². The first kappa shape index (κ1) is 40.4. The van der Waals surface area contributed by atoms with Gasteiger partial charge in [-0.15, -0.1) is 0 Å². The first-order valence-electron chi connectivity index (χ1n) is 20.5. The Balaban J connectivity index is 1.59. The van der Waals surface area contributed by atoms with Crippen molar-refractivity contribution < 1.29 is 17.6 Å². The third-order valence-electron chi connectivity index (χ3n) is 12.0. The number of benzene rings is 6. The maximum absolute atomic E-state index is 16.5. The average Bonchev–Trinajstić information content (AvgIpc) is 3.64. The van der Waals surface area contributed by atoms with Crippen molar-refractivity contribution in [3.05, 3.63) is 143 Å². The minimum atomic E-state index is -4.80. The van der Waals surface area contributed by atoms with E-state index in [9.17, 15) is 0 Å². The lowest BCUT2D eigenvalue weighted by Gasteiger charge is -2.24. The fourth-order valence-electron chi connectivity index (χ4n) is 8.52. The van der Waals surface area contributed by atoms with Crippen LogP contribution in [0.2, 0.25) is 0 Å². The van der Waals surface area contributed by atoms with Crippen LogP contribution in [0, 0.1) is 5.82 Å². The smallest absolute Gasteiger partial charge is 0.309 e. The number of rotatable bonds is 3. The van der Waals surface area contributed by atoms with Gasteiger partial charge in [0.25, 0.3) is 0 Å². The monoisotopic (exact) mass is 794 g/mol. The van der Waals surface area contributed by atoms with Gasteiger partial charge in [-0.1, -0.05) is 119 Å². The lowest BCUT2D eigenvalue weighted by Crippen LogP contribution is -2.16. The predicted octanol–water partition coefficient (Wildman–Crippen LogP) is 15.9. The molecule has 0 fully saturated rings. The van der Waals surface area contributed by atoms with Crippen LogP contribution in [0.4, 0.5) is 17.6 Å². The SMILES string of the molecule is CC(C)(C)c1ccc2c(c1)c1cc(C(C)(C)C)ccc1n2-c1cc(-c2cccc(F)c2)cc(-n2c3ccc(C(C)(C)C)cc3c3cc(C(C)(C)C)ccc32)c1C(F)(F)F. The third kappa shape index (κ3) is 7.02. The predicted molar refractivity (Wildman–Crippen MR) is 240 cm³/mol. The molecule has 2 nitrogen and oxygen atoms in total. The number of alkyl halides is 3. The molecule has 2 aromatic heterocycles. The van der Waals surface area contributed by atoms with Gasteiger partial charge in [0, 0.05) is 21.5 Å². The van der Waals surface area contributed by atoms with Crippen molar-refractivity contribution in [3.63, 3.8) is 0 Å². The van der Waals surface area contributed by atoms with E-state index in [4.69, 9.17) is 0 Å². The summed E-state index contributed by atoms with van der Waals surface area (Å²) < 4.78 is 68.1. The van der Waals surface area contributed by atoms with Crippen molar-refractivity contribution in [2.45, 2.75) is 111 Å². The molecule has 6 aromatic carbocycles. The Labute approximate surface area is 345 Å². The Morgan fingerprint density at radius 1 is 0.373 bits per heavy atom. The largest absolute Gasteiger partial charge is 0.420 e. The van der Waals surface area contributed by atoms with Crippen molar-refractivity contribution in [3.8, 4) is 22.5 Å². The fraction of sp³-hybridized carbons (Fsp3) is 0.321. The molecule has 0 radical (unpaired) electrons. The quantitative estimate of drug-likeness (QED) is 0.158. The summed E-state index contributed by atoms with van der Waals surface area (Å²) in [6.07, 6.45) is -4.80. The molecule has 0 atom stereocenters. The zero-order valence-electron chi connectivity index (χ0n) is 36.3. The van der Waals surface area contributed by atoms with Crippen LogP contribution in [-0.4, -0.2) is 9.13 Å². The van der Waals surface area contributed by atoms with E-state index in [1.165, 1.54) is 12.1 Å². The van der Waals surface area contributed by atoms with Crippen molar-refractivity contribution in [2.75, 3.05) is 0 Å². The van der Waals surface area contributed by atoms with E-state index in [1.807, 2.05) is 48.5 Å². The normalized spacial score (nSPS) is 13.4. The standard InChI is InChI=1S/C53H54F4N2/c1-49(2,3)33-16-20-42-38(27-33)39-28-34(50(4,5)6)17-21-43(39)58(42)46-25-32(31-14-13-15-37(54)24-31)26-47(48(46)53(55,56)57)59-44-22-18-35(51(7,8)9)29-40(44)41-30-36(52(10,11)12)19-23-45(41)59/h13-30H,1-12H3. The Hall–Kier alpha value is -5.36. The summed E-state index contributed by atoms with van der Waals surface area (Å²) in [5, 5.41) is 3.52. The van der Waals surface area contributed by atoms with Crippen LogP contribution < -0.4 is 0 Å². The highest BCUT2D eigenvalue weighted by Gasteiger charge is 2.40. The number of hydrogen-bond donors (Lipinski definition) is 0. The summed E-state index contributed by atoms with van der Waals surface area (Å²) in [4.78, 5) is 0. The molecular weight excluding hydrogens is 741 g/mol. The molecule has 2 heterocycles. The molecule has 8 rings (SSSR count). The molecule has 0 bridgehead atoms. The number of fused-ring (bicyclic) bond motifs is 6. The van der Waals surface area contributed by atoms with Crippen molar-refractivity contribution in [2.24, 2.45) is 0 Å². The Kier molecular flexibility index (Phi) is 9.13. The van der Waals surface area contributed by atoms with Gasteiger partial charge in [0.15, 0.2) is 0 Å². The van der Waals surface area contributed by atoms with Crippen LogP contribution in [0.15, 0.2) is 109 Å². The number of hydrogen-bond acceptors (Lipinski definition) is 0. The van der Waals surface area contributed by atoms with Gasteiger partial charge >= 0.3 is 6.18 Å². The molecular formula is C53H54F4N2.